The van der Waals surface area contributed by atoms with Crippen LogP contribution in [0.25, 0.3) is 22.0 Å². The van der Waals surface area contributed by atoms with Crippen LogP contribution in [0.4, 0.5) is 10.1 Å². The number of fused-ring (bicyclic) bond motifs is 1. The molecule has 0 amide bonds. The Morgan fingerprint density at radius 2 is 1.72 bits per heavy atom. The van der Waals surface area contributed by atoms with Gasteiger partial charge in [0, 0.05) is 35.1 Å². The molecule has 0 unspecified atom stereocenters. The van der Waals surface area contributed by atoms with Crippen LogP contribution in [0, 0.1) is 12.7 Å². The maximum atomic E-state index is 14.4. The molecule has 1 atom stereocenters. The van der Waals surface area contributed by atoms with E-state index in [-0.39, 0.29) is 11.9 Å². The first-order valence-corrected chi connectivity index (χ1v) is 10.7. The van der Waals surface area contributed by atoms with Gasteiger partial charge in [0.1, 0.15) is 11.4 Å². The first kappa shape index (κ1) is 22.1. The van der Waals surface area contributed by atoms with E-state index in [1.54, 1.807) is 38.5 Å². The molecule has 0 fully saturated rings. The summed E-state index contributed by atoms with van der Waals surface area (Å²) in [6, 6.07) is 10.5. The molecule has 5 nitrogen and oxygen atoms in total. The summed E-state index contributed by atoms with van der Waals surface area (Å²) in [5, 5.41) is 14.7. The van der Waals surface area contributed by atoms with Crippen LogP contribution >= 0.6 is 11.6 Å². The zero-order chi connectivity index (χ0) is 23.0. The highest BCUT2D eigenvalue weighted by atomic mass is 35.5. The summed E-state index contributed by atoms with van der Waals surface area (Å²) in [5.41, 5.74) is 3.55. The molecule has 164 valence electrons. The maximum absolute atomic E-state index is 14.4. The van der Waals surface area contributed by atoms with Gasteiger partial charge in [-0.1, -0.05) is 35.4 Å². The number of benzene rings is 2. The molecule has 0 radical (unpaired) electrons. The Bertz CT molecular complexity index is 1290. The molecule has 2 N–H and O–H groups in total. The van der Waals surface area contributed by atoms with Crippen molar-refractivity contribution in [1.29, 1.82) is 0 Å². The molecule has 0 bridgehead atoms. The zero-order valence-corrected chi connectivity index (χ0v) is 19.1. The highest BCUT2D eigenvalue weighted by molar-refractivity contribution is 6.34. The van der Waals surface area contributed by atoms with Gasteiger partial charge in [-0.05, 0) is 51.5 Å². The molecule has 2 aromatic carbocycles. The summed E-state index contributed by atoms with van der Waals surface area (Å²) in [5.74, 6) is 0.0814. The standard InChI is InChI=1S/C25H24ClFN4O/c1-14-5-7-21(27)18(9-14)15(2)31-23-19-10-16(6-8-22(19)28-13-20(23)26)17-11-29-24(30-12-17)25(3,4)32/h5-13,15,32H,1-4H3,(H,28,31)/t15-/m1/s1. The minimum Gasteiger partial charge on any atom is -0.382 e. The number of nitrogens with one attached hydrogen (secondary N) is 1. The fourth-order valence-electron chi connectivity index (χ4n) is 3.58. The number of halogens is 2. The second kappa shape index (κ2) is 8.45. The monoisotopic (exact) mass is 450 g/mol. The summed E-state index contributed by atoms with van der Waals surface area (Å²) < 4.78 is 14.4. The number of hydrogen-bond donors (Lipinski definition) is 2. The third kappa shape index (κ3) is 4.42. The molecule has 0 saturated carbocycles. The van der Waals surface area contributed by atoms with Gasteiger partial charge in [-0.15, -0.1) is 0 Å². The number of anilines is 1. The summed E-state index contributed by atoms with van der Waals surface area (Å²) in [7, 11) is 0. The van der Waals surface area contributed by atoms with Gasteiger partial charge in [0.2, 0.25) is 0 Å². The largest absolute Gasteiger partial charge is 0.382 e. The van der Waals surface area contributed by atoms with Gasteiger partial charge in [-0.3, -0.25) is 4.98 Å². The Balaban J connectivity index is 1.75. The molecule has 0 saturated heterocycles. The molecule has 2 heterocycles. The van der Waals surface area contributed by atoms with E-state index in [9.17, 15) is 9.50 Å². The van der Waals surface area contributed by atoms with E-state index < -0.39 is 5.60 Å². The van der Waals surface area contributed by atoms with Crippen LogP contribution in [0.1, 0.15) is 43.8 Å². The third-order valence-electron chi connectivity index (χ3n) is 5.33. The van der Waals surface area contributed by atoms with Crippen molar-refractivity contribution in [3.05, 3.63) is 82.8 Å². The molecule has 7 heteroatoms. The van der Waals surface area contributed by atoms with E-state index in [0.717, 1.165) is 27.6 Å². The Kier molecular flexibility index (Phi) is 5.84. The van der Waals surface area contributed by atoms with Gasteiger partial charge >= 0.3 is 0 Å². The lowest BCUT2D eigenvalue weighted by atomic mass is 10.0. The number of nitrogens with zero attached hydrogens (tertiary/aromatic N) is 3. The quantitative estimate of drug-likeness (QED) is 0.379. The van der Waals surface area contributed by atoms with Crippen LogP contribution in [0.2, 0.25) is 5.02 Å². The first-order valence-electron chi connectivity index (χ1n) is 10.3. The van der Waals surface area contributed by atoms with Crippen molar-refractivity contribution in [3.8, 4) is 11.1 Å². The Morgan fingerprint density at radius 3 is 2.41 bits per heavy atom. The predicted molar refractivity (Wildman–Crippen MR) is 126 cm³/mol. The molecule has 0 aliphatic heterocycles. The van der Waals surface area contributed by atoms with Gasteiger partial charge in [0.05, 0.1) is 22.3 Å². The number of aromatic nitrogens is 3. The fraction of sp³-hybridized carbons (Fsp3) is 0.240. The molecule has 32 heavy (non-hydrogen) atoms. The zero-order valence-electron chi connectivity index (χ0n) is 18.3. The highest BCUT2D eigenvalue weighted by Gasteiger charge is 2.20. The van der Waals surface area contributed by atoms with Gasteiger partial charge < -0.3 is 10.4 Å². The SMILES string of the molecule is Cc1ccc(F)c([C@@H](C)Nc2c(Cl)cnc3ccc(-c4cnc(C(C)(C)O)nc4)cc23)c1. The van der Waals surface area contributed by atoms with E-state index in [1.807, 2.05) is 38.1 Å². The van der Waals surface area contributed by atoms with Gasteiger partial charge in [-0.2, -0.15) is 0 Å². The van der Waals surface area contributed by atoms with Crippen LogP contribution in [0.5, 0.6) is 0 Å². The normalized spacial score (nSPS) is 12.7. The van der Waals surface area contributed by atoms with Crippen LogP contribution in [-0.2, 0) is 5.60 Å². The van der Waals surface area contributed by atoms with Crippen molar-refractivity contribution in [2.75, 3.05) is 5.32 Å². The van der Waals surface area contributed by atoms with Crippen molar-refractivity contribution in [2.45, 2.75) is 39.3 Å². The van der Waals surface area contributed by atoms with Crippen LogP contribution in [0.15, 0.2) is 55.0 Å². The number of aliphatic hydroxyl groups is 1. The molecule has 2 aromatic heterocycles. The number of aryl methyl sites for hydroxylation is 1. The first-order chi connectivity index (χ1) is 15.1. The summed E-state index contributed by atoms with van der Waals surface area (Å²) in [6.07, 6.45) is 4.95. The minimum absolute atomic E-state index is 0.269. The Labute approximate surface area is 191 Å². The number of pyridine rings is 1. The lowest BCUT2D eigenvalue weighted by molar-refractivity contribution is 0.0687. The maximum Gasteiger partial charge on any atom is 0.159 e. The van der Waals surface area contributed by atoms with E-state index in [4.69, 9.17) is 11.6 Å². The number of rotatable bonds is 5. The lowest BCUT2D eigenvalue weighted by Gasteiger charge is -2.20. The van der Waals surface area contributed by atoms with Crippen molar-refractivity contribution in [3.63, 3.8) is 0 Å². The molecule has 4 rings (SSSR count). The Hall–Kier alpha value is -3.09. The molecule has 0 aliphatic carbocycles. The predicted octanol–water partition coefficient (Wildman–Crippen LogP) is 6.19. The summed E-state index contributed by atoms with van der Waals surface area (Å²) in [4.78, 5) is 13.0. The van der Waals surface area contributed by atoms with Gasteiger partial charge in [-0.25, -0.2) is 14.4 Å². The van der Waals surface area contributed by atoms with Crippen LogP contribution in [0.3, 0.4) is 0 Å². The van der Waals surface area contributed by atoms with E-state index >= 15 is 0 Å². The summed E-state index contributed by atoms with van der Waals surface area (Å²) >= 11 is 6.50. The number of hydrogen-bond acceptors (Lipinski definition) is 5. The lowest BCUT2D eigenvalue weighted by Crippen LogP contribution is -2.19. The molecule has 0 spiro atoms. The molecule has 4 aromatic rings. The van der Waals surface area contributed by atoms with Gasteiger partial charge in [0.25, 0.3) is 0 Å². The van der Waals surface area contributed by atoms with E-state index in [2.05, 4.69) is 20.3 Å². The van der Waals surface area contributed by atoms with Crippen molar-refractivity contribution in [2.24, 2.45) is 0 Å². The fourth-order valence-corrected chi connectivity index (χ4v) is 3.78. The summed E-state index contributed by atoms with van der Waals surface area (Å²) in [6.45, 7) is 7.11. The average Bonchev–Trinajstić information content (AvgIpc) is 2.76. The molecular formula is C25H24ClFN4O. The topological polar surface area (TPSA) is 70.9 Å². The molecular weight excluding hydrogens is 427 g/mol. The molecule has 0 aliphatic rings. The average molecular weight is 451 g/mol. The van der Waals surface area contributed by atoms with E-state index in [0.29, 0.717) is 22.1 Å². The minimum atomic E-state index is -1.11. The third-order valence-corrected chi connectivity index (χ3v) is 5.62. The smallest absolute Gasteiger partial charge is 0.159 e. The van der Waals surface area contributed by atoms with Crippen LogP contribution in [-0.4, -0.2) is 20.1 Å². The van der Waals surface area contributed by atoms with E-state index in [1.165, 1.54) is 6.07 Å². The second-order valence-corrected chi connectivity index (χ2v) is 8.87. The van der Waals surface area contributed by atoms with Crippen molar-refractivity contribution < 1.29 is 9.50 Å². The van der Waals surface area contributed by atoms with Gasteiger partial charge in [0.15, 0.2) is 5.82 Å². The Morgan fingerprint density at radius 1 is 1.00 bits per heavy atom. The highest BCUT2D eigenvalue weighted by Crippen LogP contribution is 2.35. The van der Waals surface area contributed by atoms with Crippen molar-refractivity contribution >= 4 is 28.2 Å². The van der Waals surface area contributed by atoms with Crippen molar-refractivity contribution in [1.82, 2.24) is 15.0 Å². The van der Waals surface area contributed by atoms with Crippen LogP contribution < -0.4 is 5.32 Å². The second-order valence-electron chi connectivity index (χ2n) is 8.46.